The Labute approximate surface area is 250 Å². The van der Waals surface area contributed by atoms with Crippen molar-refractivity contribution in [3.63, 3.8) is 0 Å². The molecule has 2 heterocycles. The van der Waals surface area contributed by atoms with Gasteiger partial charge in [0.1, 0.15) is 24.2 Å². The maximum atomic E-state index is 13.9. The van der Waals surface area contributed by atoms with Crippen LogP contribution in [0.15, 0.2) is 0 Å². The molecule has 0 bridgehead atoms. The predicted molar refractivity (Wildman–Crippen MR) is 157 cm³/mol. The molecule has 0 aromatic heterocycles. The molecule has 12 heteroatoms. The van der Waals surface area contributed by atoms with Crippen molar-refractivity contribution in [2.24, 2.45) is 17.8 Å². The molecule has 0 radical (unpaired) electrons. The topological polar surface area (TPSA) is 145 Å². The molecular weight excluding hydrogens is 542 g/mol. The van der Waals surface area contributed by atoms with Gasteiger partial charge in [-0.15, -0.1) is 0 Å². The van der Waals surface area contributed by atoms with Gasteiger partial charge in [-0.25, -0.2) is 0 Å². The zero-order valence-electron chi connectivity index (χ0n) is 26.8. The first-order valence-corrected chi connectivity index (χ1v) is 15.2. The average molecular weight is 594 g/mol. The van der Waals surface area contributed by atoms with E-state index in [1.54, 1.807) is 14.0 Å². The van der Waals surface area contributed by atoms with E-state index in [0.717, 1.165) is 0 Å². The Morgan fingerprint density at radius 1 is 0.905 bits per heavy atom. The molecule has 0 unspecified atom stereocenters. The highest BCUT2D eigenvalue weighted by Crippen LogP contribution is 2.24. The van der Waals surface area contributed by atoms with Gasteiger partial charge in [0.15, 0.2) is 6.10 Å². The molecule has 6 atom stereocenters. The van der Waals surface area contributed by atoms with E-state index in [-0.39, 0.29) is 37.1 Å². The molecule has 12 nitrogen and oxygen atoms in total. The zero-order valence-corrected chi connectivity index (χ0v) is 26.8. The van der Waals surface area contributed by atoms with Crippen molar-refractivity contribution in [2.75, 3.05) is 27.2 Å². The first-order valence-electron chi connectivity index (χ1n) is 15.2. The Morgan fingerprint density at radius 3 is 2.12 bits per heavy atom. The first-order chi connectivity index (χ1) is 19.6. The SMILES string of the molecule is CC[C@@H](C)[C@H]1NC(=O)[C@H]2CCCN2C(=O)[C@@H](CC(C)C)OC(=O)CCNC(=O)[C@@H](C)N(C)C(=O)[C@@H](C(C)C)N(C)C1=O. The molecule has 42 heavy (non-hydrogen) atoms. The Bertz CT molecular complexity index is 1020. The molecule has 0 aromatic rings. The molecule has 2 rings (SSSR count). The normalized spacial score (nSPS) is 28.6. The van der Waals surface area contributed by atoms with Crippen molar-refractivity contribution in [1.29, 1.82) is 0 Å². The fourth-order valence-corrected chi connectivity index (χ4v) is 5.53. The zero-order chi connectivity index (χ0) is 31.9. The van der Waals surface area contributed by atoms with Gasteiger partial charge in [-0.1, -0.05) is 48.0 Å². The Morgan fingerprint density at radius 2 is 1.55 bits per heavy atom. The number of nitrogens with zero attached hydrogens (tertiary/aromatic N) is 3. The summed E-state index contributed by atoms with van der Waals surface area (Å²) in [6, 6.07) is -3.52. The van der Waals surface area contributed by atoms with E-state index in [4.69, 9.17) is 4.74 Å². The van der Waals surface area contributed by atoms with Crippen molar-refractivity contribution in [3.05, 3.63) is 0 Å². The molecule has 0 aromatic carbocycles. The number of ether oxygens (including phenoxy) is 1. The van der Waals surface area contributed by atoms with Crippen LogP contribution in [0, 0.1) is 17.8 Å². The van der Waals surface area contributed by atoms with E-state index in [2.05, 4.69) is 10.6 Å². The molecule has 2 N–H and O–H groups in total. The second kappa shape index (κ2) is 15.3. The van der Waals surface area contributed by atoms with Gasteiger partial charge in [0.25, 0.3) is 5.91 Å². The number of carbonyl (C=O) groups excluding carboxylic acids is 6. The predicted octanol–water partition coefficient (Wildman–Crippen LogP) is 1.32. The van der Waals surface area contributed by atoms with Gasteiger partial charge in [0.05, 0.1) is 6.42 Å². The molecule has 0 saturated carbocycles. The molecule has 2 aliphatic rings. The van der Waals surface area contributed by atoms with Crippen LogP contribution in [0.5, 0.6) is 0 Å². The van der Waals surface area contributed by atoms with Gasteiger partial charge < -0.3 is 30.1 Å². The number of nitrogens with one attached hydrogen (secondary N) is 2. The minimum atomic E-state index is -1.07. The average Bonchev–Trinajstić information content (AvgIpc) is 3.42. The number of cyclic esters (lactones) is 1. The minimum absolute atomic E-state index is 0.0358. The smallest absolute Gasteiger partial charge is 0.308 e. The van der Waals surface area contributed by atoms with Crippen molar-refractivity contribution in [2.45, 2.75) is 111 Å². The van der Waals surface area contributed by atoms with E-state index in [9.17, 15) is 28.8 Å². The summed E-state index contributed by atoms with van der Waals surface area (Å²) in [6.45, 7) is 13.1. The van der Waals surface area contributed by atoms with Crippen LogP contribution in [-0.4, -0.2) is 108 Å². The Balaban J connectivity index is 2.54. The standard InChI is InChI=1S/C30H51N5O7/c1-10-19(6)24-29(40)34(9)25(18(4)5)30(41)33(8)20(7)26(37)31-14-13-23(36)42-22(16-17(2)3)28(39)35-15-11-12-21(35)27(38)32-24/h17-22,24-25H,10-16H2,1-9H3,(H,31,37)(H,32,38)/t19-,20-,21-,22-,24-,25-/m1/s1. The van der Waals surface area contributed by atoms with Crippen LogP contribution in [-0.2, 0) is 33.5 Å². The van der Waals surface area contributed by atoms with Crippen LogP contribution in [0.4, 0.5) is 0 Å². The molecular formula is C30H51N5O7. The van der Waals surface area contributed by atoms with E-state index in [0.29, 0.717) is 25.8 Å². The fourth-order valence-electron chi connectivity index (χ4n) is 5.53. The second-order valence-electron chi connectivity index (χ2n) is 12.5. The summed E-state index contributed by atoms with van der Waals surface area (Å²) < 4.78 is 5.59. The largest absolute Gasteiger partial charge is 0.452 e. The van der Waals surface area contributed by atoms with Crippen LogP contribution in [0.2, 0.25) is 0 Å². The third-order valence-electron chi connectivity index (χ3n) is 8.44. The van der Waals surface area contributed by atoms with Crippen molar-refractivity contribution < 1.29 is 33.5 Å². The Kier molecular flexibility index (Phi) is 12.8. The third kappa shape index (κ3) is 8.44. The van der Waals surface area contributed by atoms with E-state index in [1.165, 1.54) is 21.7 Å². The second-order valence-corrected chi connectivity index (χ2v) is 12.5. The van der Waals surface area contributed by atoms with Gasteiger partial charge >= 0.3 is 5.97 Å². The van der Waals surface area contributed by atoms with Crippen LogP contribution < -0.4 is 10.6 Å². The van der Waals surface area contributed by atoms with Crippen molar-refractivity contribution >= 4 is 35.5 Å². The number of fused-ring (bicyclic) bond motifs is 1. The lowest BCUT2D eigenvalue weighted by Gasteiger charge is -2.38. The molecule has 0 aliphatic carbocycles. The van der Waals surface area contributed by atoms with Crippen LogP contribution in [0.25, 0.3) is 0 Å². The number of hydrogen-bond acceptors (Lipinski definition) is 7. The lowest BCUT2D eigenvalue weighted by atomic mass is 9.94. The maximum absolute atomic E-state index is 13.9. The molecule has 2 saturated heterocycles. The molecule has 5 amide bonds. The first kappa shape index (κ1) is 35.0. The highest BCUT2D eigenvalue weighted by atomic mass is 16.5. The van der Waals surface area contributed by atoms with Crippen LogP contribution >= 0.6 is 0 Å². The fraction of sp³-hybridized carbons (Fsp3) is 0.800. The van der Waals surface area contributed by atoms with E-state index < -0.39 is 65.8 Å². The van der Waals surface area contributed by atoms with E-state index >= 15 is 0 Å². The van der Waals surface area contributed by atoms with Gasteiger partial charge in [-0.05, 0) is 43.9 Å². The molecule has 2 fully saturated rings. The highest BCUT2D eigenvalue weighted by Gasteiger charge is 2.42. The van der Waals surface area contributed by atoms with Gasteiger partial charge in [-0.2, -0.15) is 0 Å². The number of esters is 1. The molecule has 2 aliphatic heterocycles. The summed E-state index contributed by atoms with van der Waals surface area (Å²) in [5.41, 5.74) is 0. The van der Waals surface area contributed by atoms with Crippen molar-refractivity contribution in [1.82, 2.24) is 25.3 Å². The summed E-state index contributed by atoms with van der Waals surface area (Å²) in [5.74, 6) is -3.36. The third-order valence-corrected chi connectivity index (χ3v) is 8.44. The Hall–Kier alpha value is -3.18. The highest BCUT2D eigenvalue weighted by molar-refractivity contribution is 5.96. The number of likely N-dealkylation sites (N-methyl/N-ethyl adjacent to an activating group) is 2. The number of rotatable bonds is 5. The minimum Gasteiger partial charge on any atom is -0.452 e. The summed E-state index contributed by atoms with van der Waals surface area (Å²) >= 11 is 0. The van der Waals surface area contributed by atoms with Gasteiger partial charge in [0, 0.05) is 27.2 Å². The number of amides is 5. The number of carbonyl (C=O) groups is 6. The lowest BCUT2D eigenvalue weighted by Crippen LogP contribution is -2.60. The lowest BCUT2D eigenvalue weighted by molar-refractivity contribution is -0.162. The summed E-state index contributed by atoms with van der Waals surface area (Å²) in [6.07, 6.45) is 0.636. The molecule has 0 spiro atoms. The van der Waals surface area contributed by atoms with Crippen LogP contribution in [0.3, 0.4) is 0 Å². The summed E-state index contributed by atoms with van der Waals surface area (Å²) in [7, 11) is 3.04. The summed E-state index contributed by atoms with van der Waals surface area (Å²) in [4.78, 5) is 84.6. The van der Waals surface area contributed by atoms with Gasteiger partial charge in [0.2, 0.25) is 23.6 Å². The van der Waals surface area contributed by atoms with Crippen molar-refractivity contribution in [3.8, 4) is 0 Å². The summed E-state index contributed by atoms with van der Waals surface area (Å²) in [5, 5.41) is 5.57. The molecule has 238 valence electrons. The quantitative estimate of drug-likeness (QED) is 0.457. The number of hydrogen-bond donors (Lipinski definition) is 2. The van der Waals surface area contributed by atoms with Crippen LogP contribution in [0.1, 0.15) is 80.6 Å². The maximum Gasteiger partial charge on any atom is 0.308 e. The monoisotopic (exact) mass is 593 g/mol. The van der Waals surface area contributed by atoms with Gasteiger partial charge in [-0.3, -0.25) is 28.8 Å². The van der Waals surface area contributed by atoms with E-state index in [1.807, 2.05) is 41.5 Å².